The first kappa shape index (κ1) is 9.40. The standard InChI is InChI=1S/C7H9N.CNO/c1-6-3-2-4-7(8)5-6;2-1-3/h2-5H,8H2,1H3;/q;-1. The van der Waals surface area contributed by atoms with Gasteiger partial charge in [0.2, 0.25) is 0 Å². The number of aryl methyl sites for hydroxylation is 1. The number of nitrogen functional groups attached to an aromatic ring is 1. The zero-order valence-electron chi connectivity index (χ0n) is 6.24. The minimum absolute atomic E-state index is 0.500. The van der Waals surface area contributed by atoms with E-state index in [1.807, 2.05) is 31.2 Å². The Morgan fingerprint density at radius 2 is 2.09 bits per heavy atom. The van der Waals surface area contributed by atoms with Crippen LogP contribution in [-0.4, -0.2) is 6.08 Å². The summed E-state index contributed by atoms with van der Waals surface area (Å²) in [4.78, 5) is 8.24. The first-order valence-electron chi connectivity index (χ1n) is 3.04. The Kier molecular flexibility index (Phi) is 4.45. The van der Waals surface area contributed by atoms with E-state index in [0.29, 0.717) is 6.08 Å². The van der Waals surface area contributed by atoms with E-state index in [4.69, 9.17) is 15.9 Å². The van der Waals surface area contributed by atoms with Gasteiger partial charge in [0.15, 0.2) is 0 Å². The Morgan fingerprint density at radius 1 is 1.55 bits per heavy atom. The SMILES string of the molecule is Cc1cccc(N)c1.[N-]=C=O. The lowest BCUT2D eigenvalue weighted by Gasteiger charge is -1.91. The first-order valence-corrected chi connectivity index (χ1v) is 3.04. The molecule has 0 unspecified atom stereocenters. The van der Waals surface area contributed by atoms with Crippen LogP contribution in [0, 0.1) is 6.92 Å². The minimum Gasteiger partial charge on any atom is -0.724 e. The van der Waals surface area contributed by atoms with Crippen molar-refractivity contribution in [1.82, 2.24) is 0 Å². The fraction of sp³-hybridized carbons (Fsp3) is 0.125. The van der Waals surface area contributed by atoms with Gasteiger partial charge in [0.25, 0.3) is 0 Å². The molecule has 0 bridgehead atoms. The summed E-state index contributed by atoms with van der Waals surface area (Å²) in [6.07, 6.45) is 0.500. The van der Waals surface area contributed by atoms with E-state index < -0.39 is 0 Å². The van der Waals surface area contributed by atoms with E-state index in [1.165, 1.54) is 5.56 Å². The predicted molar refractivity (Wildman–Crippen MR) is 44.6 cm³/mol. The normalized spacial score (nSPS) is 7.36. The molecule has 0 heterocycles. The van der Waals surface area contributed by atoms with Gasteiger partial charge in [-0.3, -0.25) is 4.79 Å². The maximum Gasteiger partial charge on any atom is 0.0316 e. The number of anilines is 1. The molecule has 0 radical (unpaired) electrons. The molecule has 58 valence electrons. The van der Waals surface area contributed by atoms with E-state index in [-0.39, 0.29) is 0 Å². The molecule has 1 rings (SSSR count). The second-order valence-corrected chi connectivity index (χ2v) is 2.01. The van der Waals surface area contributed by atoms with Crippen LogP contribution in [0.2, 0.25) is 0 Å². The fourth-order valence-electron chi connectivity index (χ4n) is 0.670. The van der Waals surface area contributed by atoms with Crippen LogP contribution in [0.4, 0.5) is 5.69 Å². The maximum absolute atomic E-state index is 8.24. The summed E-state index contributed by atoms with van der Waals surface area (Å²) in [6, 6.07) is 7.80. The highest BCUT2D eigenvalue weighted by atomic mass is 16.1. The molecular weight excluding hydrogens is 140 g/mol. The van der Waals surface area contributed by atoms with E-state index in [9.17, 15) is 0 Å². The molecule has 1 aromatic rings. The number of nitrogens with two attached hydrogens (primary N) is 1. The number of benzene rings is 1. The number of isocyanates is 1. The van der Waals surface area contributed by atoms with Gasteiger partial charge < -0.3 is 11.1 Å². The van der Waals surface area contributed by atoms with Crippen molar-refractivity contribution in [1.29, 1.82) is 0 Å². The summed E-state index contributed by atoms with van der Waals surface area (Å²) in [5.74, 6) is 0. The van der Waals surface area contributed by atoms with Crippen LogP contribution >= 0.6 is 0 Å². The molecule has 11 heavy (non-hydrogen) atoms. The van der Waals surface area contributed by atoms with Gasteiger partial charge >= 0.3 is 0 Å². The Bertz CT molecular complexity index is 235. The molecule has 0 aliphatic rings. The molecule has 0 aliphatic heterocycles. The monoisotopic (exact) mass is 149 g/mol. The molecule has 2 N–H and O–H groups in total. The van der Waals surface area contributed by atoms with Gasteiger partial charge in [-0.25, -0.2) is 0 Å². The second kappa shape index (κ2) is 5.21. The van der Waals surface area contributed by atoms with Crippen molar-refractivity contribution >= 4 is 11.8 Å². The van der Waals surface area contributed by atoms with E-state index in [2.05, 4.69) is 0 Å². The average Bonchev–Trinajstić information content (AvgIpc) is 1.88. The zero-order chi connectivity index (χ0) is 8.69. The highest BCUT2D eigenvalue weighted by Gasteiger charge is 1.81. The van der Waals surface area contributed by atoms with Gasteiger partial charge in [0.05, 0.1) is 0 Å². The van der Waals surface area contributed by atoms with Crippen LogP contribution in [0.5, 0.6) is 0 Å². The Hall–Kier alpha value is -1.60. The molecular formula is C8H9N2O-. The van der Waals surface area contributed by atoms with Crippen molar-refractivity contribution in [2.24, 2.45) is 0 Å². The van der Waals surface area contributed by atoms with Gasteiger partial charge in [0, 0.05) is 5.69 Å². The Labute approximate surface area is 65.4 Å². The third kappa shape index (κ3) is 4.88. The van der Waals surface area contributed by atoms with E-state index in [1.54, 1.807) is 0 Å². The van der Waals surface area contributed by atoms with Crippen molar-refractivity contribution in [2.45, 2.75) is 6.92 Å². The predicted octanol–water partition coefficient (Wildman–Crippen LogP) is 1.47. The number of hydrogen-bond acceptors (Lipinski definition) is 2. The number of hydrogen-bond donors (Lipinski definition) is 1. The number of carbonyl (C=O) groups excluding carboxylic acids is 1. The van der Waals surface area contributed by atoms with Gasteiger partial charge in [-0.1, -0.05) is 12.1 Å². The first-order chi connectivity index (χ1) is 5.20. The lowest BCUT2D eigenvalue weighted by Crippen LogP contribution is -1.82. The topological polar surface area (TPSA) is 65.4 Å². The fourth-order valence-corrected chi connectivity index (χ4v) is 0.670. The summed E-state index contributed by atoms with van der Waals surface area (Å²) >= 11 is 0. The minimum atomic E-state index is 0.500. The molecule has 0 aliphatic carbocycles. The molecule has 0 saturated heterocycles. The summed E-state index contributed by atoms with van der Waals surface area (Å²) in [7, 11) is 0. The molecule has 0 aromatic heterocycles. The van der Waals surface area contributed by atoms with E-state index >= 15 is 0 Å². The van der Waals surface area contributed by atoms with Gasteiger partial charge in [-0.2, -0.15) is 0 Å². The molecule has 0 atom stereocenters. The zero-order valence-corrected chi connectivity index (χ0v) is 6.24. The highest BCUT2D eigenvalue weighted by molar-refractivity contribution is 5.39. The molecule has 3 heteroatoms. The lowest BCUT2D eigenvalue weighted by molar-refractivity contribution is 0.569. The average molecular weight is 149 g/mol. The summed E-state index contributed by atoms with van der Waals surface area (Å²) < 4.78 is 0. The van der Waals surface area contributed by atoms with Crippen LogP contribution in [0.25, 0.3) is 5.41 Å². The molecule has 0 amide bonds. The summed E-state index contributed by atoms with van der Waals surface area (Å²) in [5, 5.41) is 6.76. The van der Waals surface area contributed by atoms with Crippen LogP contribution in [0.15, 0.2) is 24.3 Å². The van der Waals surface area contributed by atoms with Crippen molar-refractivity contribution < 1.29 is 4.79 Å². The summed E-state index contributed by atoms with van der Waals surface area (Å²) in [6.45, 7) is 2.02. The third-order valence-electron chi connectivity index (χ3n) is 1.04. The molecule has 0 fully saturated rings. The second-order valence-electron chi connectivity index (χ2n) is 2.01. The largest absolute Gasteiger partial charge is 0.724 e. The quantitative estimate of drug-likeness (QED) is 0.345. The molecule has 0 saturated carbocycles. The Morgan fingerprint density at radius 3 is 2.36 bits per heavy atom. The lowest BCUT2D eigenvalue weighted by atomic mass is 10.2. The van der Waals surface area contributed by atoms with Crippen LogP contribution < -0.4 is 5.73 Å². The van der Waals surface area contributed by atoms with Crippen LogP contribution in [-0.2, 0) is 4.79 Å². The van der Waals surface area contributed by atoms with Gasteiger partial charge in [-0.05, 0) is 30.7 Å². The molecule has 0 spiro atoms. The van der Waals surface area contributed by atoms with Crippen LogP contribution in [0.1, 0.15) is 5.56 Å². The van der Waals surface area contributed by atoms with Gasteiger partial charge in [0.1, 0.15) is 0 Å². The molecule has 3 nitrogen and oxygen atoms in total. The highest BCUT2D eigenvalue weighted by Crippen LogP contribution is 2.03. The third-order valence-corrected chi connectivity index (χ3v) is 1.04. The van der Waals surface area contributed by atoms with Crippen molar-refractivity contribution in [3.63, 3.8) is 0 Å². The number of rotatable bonds is 0. The van der Waals surface area contributed by atoms with E-state index in [0.717, 1.165) is 5.69 Å². The van der Waals surface area contributed by atoms with Crippen molar-refractivity contribution in [3.8, 4) is 0 Å². The van der Waals surface area contributed by atoms with Crippen molar-refractivity contribution in [3.05, 3.63) is 35.2 Å². The van der Waals surface area contributed by atoms with Gasteiger partial charge in [-0.15, -0.1) is 0 Å². The summed E-state index contributed by atoms with van der Waals surface area (Å²) in [5.41, 5.74) is 7.51. The maximum atomic E-state index is 8.24. The number of nitrogens with zero attached hydrogens (tertiary/aromatic N) is 1. The van der Waals surface area contributed by atoms with Crippen LogP contribution in [0.3, 0.4) is 0 Å². The van der Waals surface area contributed by atoms with Crippen molar-refractivity contribution in [2.75, 3.05) is 5.73 Å². The Balaban J connectivity index is 0.000000292. The smallest absolute Gasteiger partial charge is 0.0316 e. The molecule has 1 aromatic carbocycles.